The first-order valence-electron chi connectivity index (χ1n) is 8.88. The van der Waals surface area contributed by atoms with E-state index in [-0.39, 0.29) is 0 Å². The van der Waals surface area contributed by atoms with Crippen LogP contribution in [0.25, 0.3) is 0 Å². The Morgan fingerprint density at radius 3 is 2.81 bits per heavy atom. The van der Waals surface area contributed by atoms with Crippen LogP contribution in [-0.2, 0) is 11.3 Å². The van der Waals surface area contributed by atoms with Crippen LogP contribution in [0.5, 0.6) is 0 Å². The predicted molar refractivity (Wildman–Crippen MR) is 87.2 cm³/mol. The van der Waals surface area contributed by atoms with Crippen LogP contribution in [0.15, 0.2) is 18.7 Å². The molecule has 3 atom stereocenters. The molecule has 0 amide bonds. The Balaban J connectivity index is 1.86. The number of aromatic nitrogens is 2. The zero-order chi connectivity index (χ0) is 14.9. The smallest absolute Gasteiger partial charge is 0.0946 e. The molecular weight excluding hydrogens is 260 g/mol. The summed E-state index contributed by atoms with van der Waals surface area (Å²) in [5.74, 6) is 1.51. The van der Waals surface area contributed by atoms with Gasteiger partial charge in [-0.05, 0) is 24.7 Å². The predicted octanol–water partition coefficient (Wildman–Crippen LogP) is 4.67. The minimum Gasteiger partial charge on any atom is -0.376 e. The molecular formula is C18H32N2O. The fourth-order valence-electron chi connectivity index (χ4n) is 3.58. The Hall–Kier alpha value is -0.830. The number of rotatable bonds is 9. The Bertz CT molecular complexity index is 363. The van der Waals surface area contributed by atoms with Crippen molar-refractivity contribution in [1.29, 1.82) is 0 Å². The molecule has 0 N–H and O–H groups in total. The second-order valence-electron chi connectivity index (χ2n) is 6.65. The summed E-state index contributed by atoms with van der Waals surface area (Å²) in [5.41, 5.74) is 0. The van der Waals surface area contributed by atoms with Gasteiger partial charge in [0.2, 0.25) is 0 Å². The van der Waals surface area contributed by atoms with Gasteiger partial charge >= 0.3 is 0 Å². The highest BCUT2D eigenvalue weighted by atomic mass is 16.5. The molecule has 0 radical (unpaired) electrons. The van der Waals surface area contributed by atoms with Gasteiger partial charge in [0, 0.05) is 19.0 Å². The molecule has 2 rings (SSSR count). The topological polar surface area (TPSA) is 27.1 Å². The van der Waals surface area contributed by atoms with E-state index in [4.69, 9.17) is 4.74 Å². The Morgan fingerprint density at radius 1 is 1.24 bits per heavy atom. The third-order valence-electron chi connectivity index (χ3n) is 4.94. The van der Waals surface area contributed by atoms with Gasteiger partial charge in [-0.15, -0.1) is 0 Å². The van der Waals surface area contributed by atoms with Gasteiger partial charge in [-0.3, -0.25) is 0 Å². The van der Waals surface area contributed by atoms with Crippen molar-refractivity contribution in [3.05, 3.63) is 18.7 Å². The van der Waals surface area contributed by atoms with Crippen molar-refractivity contribution in [2.45, 2.75) is 77.9 Å². The summed E-state index contributed by atoms with van der Waals surface area (Å²) in [6, 6.07) is 0. The first kappa shape index (κ1) is 16.5. The molecule has 3 nitrogen and oxygen atoms in total. The monoisotopic (exact) mass is 292 g/mol. The highest BCUT2D eigenvalue weighted by molar-refractivity contribution is 4.83. The summed E-state index contributed by atoms with van der Waals surface area (Å²) in [7, 11) is 0. The van der Waals surface area contributed by atoms with E-state index in [1.54, 1.807) is 0 Å². The van der Waals surface area contributed by atoms with Crippen molar-refractivity contribution in [3.8, 4) is 0 Å². The van der Waals surface area contributed by atoms with Crippen LogP contribution in [-0.4, -0.2) is 22.3 Å². The zero-order valence-electron chi connectivity index (χ0n) is 13.8. The van der Waals surface area contributed by atoms with E-state index >= 15 is 0 Å². The highest BCUT2D eigenvalue weighted by Gasteiger charge is 2.29. The van der Waals surface area contributed by atoms with Gasteiger partial charge < -0.3 is 9.30 Å². The van der Waals surface area contributed by atoms with E-state index in [1.165, 1.54) is 51.4 Å². The number of imidazole rings is 1. The number of hydrogen-bond acceptors (Lipinski definition) is 2. The third-order valence-corrected chi connectivity index (χ3v) is 4.94. The van der Waals surface area contributed by atoms with Crippen molar-refractivity contribution in [2.75, 3.05) is 6.61 Å². The molecule has 1 aliphatic carbocycles. The Kier molecular flexibility index (Phi) is 7.28. The first-order valence-corrected chi connectivity index (χ1v) is 8.88. The summed E-state index contributed by atoms with van der Waals surface area (Å²) < 4.78 is 8.50. The number of ether oxygens (including phenoxy) is 1. The molecule has 1 saturated carbocycles. The summed E-state index contributed by atoms with van der Waals surface area (Å²) in [6.07, 6.45) is 16.8. The van der Waals surface area contributed by atoms with Crippen LogP contribution < -0.4 is 0 Å². The van der Waals surface area contributed by atoms with Gasteiger partial charge in [-0.2, -0.15) is 0 Å². The van der Waals surface area contributed by atoms with Crippen molar-refractivity contribution in [1.82, 2.24) is 9.55 Å². The van der Waals surface area contributed by atoms with Crippen molar-refractivity contribution >= 4 is 0 Å². The van der Waals surface area contributed by atoms with E-state index in [1.807, 2.05) is 12.5 Å². The fraction of sp³-hybridized carbons (Fsp3) is 0.833. The molecule has 1 fully saturated rings. The van der Waals surface area contributed by atoms with Gasteiger partial charge in [-0.1, -0.05) is 52.4 Å². The standard InChI is InChI=1S/C18H32N2O/c1-3-4-5-8-13-21-18(14-20-12-11-19-15-20)17-10-7-6-9-16(17)2/h11-12,15-18H,3-10,13-14H2,1-2H3. The molecule has 1 aromatic rings. The largest absolute Gasteiger partial charge is 0.376 e. The molecule has 0 saturated heterocycles. The first-order chi connectivity index (χ1) is 10.3. The van der Waals surface area contributed by atoms with Gasteiger partial charge in [0.05, 0.1) is 19.0 Å². The van der Waals surface area contributed by atoms with Crippen molar-refractivity contribution in [2.24, 2.45) is 11.8 Å². The van der Waals surface area contributed by atoms with Crippen LogP contribution in [0, 0.1) is 11.8 Å². The van der Waals surface area contributed by atoms with E-state index in [2.05, 4.69) is 29.6 Å². The molecule has 1 aliphatic rings. The maximum Gasteiger partial charge on any atom is 0.0946 e. The molecule has 0 bridgehead atoms. The average Bonchev–Trinajstić information content (AvgIpc) is 2.99. The summed E-state index contributed by atoms with van der Waals surface area (Å²) >= 11 is 0. The minimum atomic E-state index is 0.358. The maximum atomic E-state index is 6.32. The summed E-state index contributed by atoms with van der Waals surface area (Å²) in [4.78, 5) is 4.17. The molecule has 3 heteroatoms. The van der Waals surface area contributed by atoms with Crippen LogP contribution >= 0.6 is 0 Å². The third kappa shape index (κ3) is 5.46. The zero-order valence-corrected chi connectivity index (χ0v) is 13.8. The van der Waals surface area contributed by atoms with E-state index in [9.17, 15) is 0 Å². The highest BCUT2D eigenvalue weighted by Crippen LogP contribution is 2.34. The fourth-order valence-corrected chi connectivity index (χ4v) is 3.58. The summed E-state index contributed by atoms with van der Waals surface area (Å²) in [6.45, 7) is 6.54. The molecule has 21 heavy (non-hydrogen) atoms. The van der Waals surface area contributed by atoms with Crippen molar-refractivity contribution < 1.29 is 4.74 Å². The van der Waals surface area contributed by atoms with Gasteiger partial charge in [0.15, 0.2) is 0 Å². The van der Waals surface area contributed by atoms with Gasteiger partial charge in [0.1, 0.15) is 0 Å². The second kappa shape index (κ2) is 9.24. The van der Waals surface area contributed by atoms with E-state index < -0.39 is 0 Å². The molecule has 1 aromatic heterocycles. The Morgan fingerprint density at radius 2 is 2.10 bits per heavy atom. The summed E-state index contributed by atoms with van der Waals surface area (Å²) in [5, 5.41) is 0. The molecule has 0 aromatic carbocycles. The SMILES string of the molecule is CCCCCCOC(Cn1ccnc1)C1CCCCC1C. The lowest BCUT2D eigenvalue weighted by atomic mass is 9.77. The normalized spacial score (nSPS) is 24.1. The number of hydrogen-bond donors (Lipinski definition) is 0. The molecule has 1 heterocycles. The van der Waals surface area contributed by atoms with Gasteiger partial charge in [-0.25, -0.2) is 4.98 Å². The van der Waals surface area contributed by atoms with Crippen LogP contribution in [0.2, 0.25) is 0 Å². The second-order valence-corrected chi connectivity index (χ2v) is 6.65. The number of nitrogens with zero attached hydrogens (tertiary/aromatic N) is 2. The van der Waals surface area contributed by atoms with E-state index in [0.29, 0.717) is 12.0 Å². The van der Waals surface area contributed by atoms with Crippen molar-refractivity contribution in [3.63, 3.8) is 0 Å². The van der Waals surface area contributed by atoms with Crippen LogP contribution in [0.1, 0.15) is 65.2 Å². The van der Waals surface area contributed by atoms with Gasteiger partial charge in [0.25, 0.3) is 0 Å². The van der Waals surface area contributed by atoms with Crippen LogP contribution in [0.4, 0.5) is 0 Å². The lowest BCUT2D eigenvalue weighted by Gasteiger charge is -2.35. The van der Waals surface area contributed by atoms with Crippen LogP contribution in [0.3, 0.4) is 0 Å². The van der Waals surface area contributed by atoms with E-state index in [0.717, 1.165) is 19.1 Å². The molecule has 0 aliphatic heterocycles. The maximum absolute atomic E-state index is 6.32. The lowest BCUT2D eigenvalue weighted by molar-refractivity contribution is -0.0285. The number of unbranched alkanes of at least 4 members (excludes halogenated alkanes) is 3. The molecule has 120 valence electrons. The average molecular weight is 292 g/mol. The Labute approximate surface area is 130 Å². The molecule has 0 spiro atoms. The molecule has 3 unspecified atom stereocenters. The lowest BCUT2D eigenvalue weighted by Crippen LogP contribution is -2.35. The minimum absolute atomic E-state index is 0.358. The quantitative estimate of drug-likeness (QED) is 0.618.